The summed E-state index contributed by atoms with van der Waals surface area (Å²) in [6, 6.07) is -0.601. The van der Waals surface area contributed by atoms with Gasteiger partial charge in [0, 0.05) is 19.6 Å². The zero-order valence-electron chi connectivity index (χ0n) is 12.2. The summed E-state index contributed by atoms with van der Waals surface area (Å²) in [5.41, 5.74) is 0. The van der Waals surface area contributed by atoms with Gasteiger partial charge in [0.15, 0.2) is 0 Å². The predicted octanol–water partition coefficient (Wildman–Crippen LogP) is 2.47. The molecule has 126 valence electrons. The fourth-order valence-electron chi connectivity index (χ4n) is 3.35. The van der Waals surface area contributed by atoms with Gasteiger partial charge in [-0.1, -0.05) is 25.7 Å². The lowest BCUT2D eigenvalue weighted by molar-refractivity contribution is -0.187. The molecule has 0 radical (unpaired) electrons. The lowest BCUT2D eigenvalue weighted by Crippen LogP contribution is -2.40. The fourth-order valence-corrected chi connectivity index (χ4v) is 3.35. The number of alkyl halides is 3. The monoisotopic (exact) mass is 322 g/mol. The second-order valence-electron chi connectivity index (χ2n) is 6.17. The van der Waals surface area contributed by atoms with Gasteiger partial charge in [-0.15, -0.1) is 0 Å². The molecule has 0 unspecified atom stereocenters. The highest BCUT2D eigenvalue weighted by atomic mass is 19.4. The minimum atomic E-state index is -4.61. The zero-order chi connectivity index (χ0) is 16.3. The number of aliphatic carboxylic acids is 1. The van der Waals surface area contributed by atoms with Crippen LogP contribution in [0.4, 0.5) is 18.0 Å². The van der Waals surface area contributed by atoms with E-state index in [0.717, 1.165) is 24.2 Å². The molecule has 2 rings (SSSR count). The molecule has 2 N–H and O–H groups in total. The first-order chi connectivity index (χ1) is 10.3. The summed E-state index contributed by atoms with van der Waals surface area (Å²) in [6.45, 7) is -0.557. The van der Waals surface area contributed by atoms with Crippen molar-refractivity contribution >= 4 is 12.0 Å². The van der Waals surface area contributed by atoms with Gasteiger partial charge in [-0.3, -0.25) is 4.79 Å². The zero-order valence-corrected chi connectivity index (χ0v) is 12.2. The van der Waals surface area contributed by atoms with Crippen molar-refractivity contribution in [3.8, 4) is 0 Å². The van der Waals surface area contributed by atoms with Gasteiger partial charge >= 0.3 is 18.2 Å². The van der Waals surface area contributed by atoms with Gasteiger partial charge in [0.05, 0.1) is 11.8 Å². The van der Waals surface area contributed by atoms with E-state index in [1.165, 1.54) is 12.8 Å². The SMILES string of the molecule is O=C(O)[C@@H]1CN(C(=O)NCCC2CCCC2)C[C@H]1C(F)(F)F. The standard InChI is InChI=1S/C14H21F3N2O3/c15-14(16,17)11-8-19(7-10(11)12(20)21)13(22)18-6-5-9-3-1-2-4-9/h9-11H,1-8H2,(H,18,22)(H,20,21)/t10-,11-/m1/s1. The van der Waals surface area contributed by atoms with Crippen molar-refractivity contribution < 1.29 is 27.9 Å². The average Bonchev–Trinajstić information content (AvgIpc) is 3.06. The van der Waals surface area contributed by atoms with Gasteiger partial charge in [-0.2, -0.15) is 13.2 Å². The first-order valence-corrected chi connectivity index (χ1v) is 7.61. The van der Waals surface area contributed by atoms with Crippen LogP contribution in [0.3, 0.4) is 0 Å². The van der Waals surface area contributed by atoms with Crippen LogP contribution in [-0.4, -0.2) is 47.8 Å². The number of carboxylic acid groups (broad SMARTS) is 1. The number of carbonyl (C=O) groups excluding carboxylic acids is 1. The molecule has 8 heteroatoms. The number of carbonyl (C=O) groups is 2. The molecule has 2 fully saturated rings. The first kappa shape index (κ1) is 16.9. The minimum absolute atomic E-state index is 0.394. The summed E-state index contributed by atoms with van der Waals surface area (Å²) in [5.74, 6) is -4.51. The van der Waals surface area contributed by atoms with Crippen molar-refractivity contribution in [3.05, 3.63) is 0 Å². The Morgan fingerprint density at radius 2 is 1.82 bits per heavy atom. The van der Waals surface area contributed by atoms with E-state index in [1.807, 2.05) is 0 Å². The number of hydrogen-bond acceptors (Lipinski definition) is 2. The summed E-state index contributed by atoms with van der Waals surface area (Å²) in [6.07, 6.45) is 0.872. The van der Waals surface area contributed by atoms with E-state index in [9.17, 15) is 22.8 Å². The molecule has 0 bridgehead atoms. The molecular weight excluding hydrogens is 301 g/mol. The second-order valence-corrected chi connectivity index (χ2v) is 6.17. The Morgan fingerprint density at radius 1 is 1.18 bits per heavy atom. The molecule has 2 aliphatic rings. The number of hydrogen-bond donors (Lipinski definition) is 2. The van der Waals surface area contributed by atoms with Gasteiger partial charge in [0.1, 0.15) is 0 Å². The summed E-state index contributed by atoms with van der Waals surface area (Å²) in [4.78, 5) is 23.8. The summed E-state index contributed by atoms with van der Waals surface area (Å²) >= 11 is 0. The van der Waals surface area contributed by atoms with Crippen LogP contribution in [0.2, 0.25) is 0 Å². The highest BCUT2D eigenvalue weighted by Gasteiger charge is 2.53. The van der Waals surface area contributed by atoms with Gasteiger partial charge in [-0.25, -0.2) is 4.79 Å². The Hall–Kier alpha value is -1.47. The smallest absolute Gasteiger partial charge is 0.394 e. The van der Waals surface area contributed by atoms with Crippen LogP contribution in [0.1, 0.15) is 32.1 Å². The normalized spacial score (nSPS) is 26.4. The molecule has 0 aromatic rings. The Labute approximate surface area is 126 Å². The van der Waals surface area contributed by atoms with E-state index >= 15 is 0 Å². The number of nitrogens with one attached hydrogen (secondary N) is 1. The fraction of sp³-hybridized carbons (Fsp3) is 0.857. The number of nitrogens with zero attached hydrogens (tertiary/aromatic N) is 1. The molecule has 0 spiro atoms. The topological polar surface area (TPSA) is 69.6 Å². The minimum Gasteiger partial charge on any atom is -0.481 e. The average molecular weight is 322 g/mol. The quantitative estimate of drug-likeness (QED) is 0.835. The number of urea groups is 1. The molecule has 2 atom stereocenters. The second kappa shape index (κ2) is 6.75. The molecule has 0 aromatic heterocycles. The van der Waals surface area contributed by atoms with Crippen LogP contribution in [0.5, 0.6) is 0 Å². The summed E-state index contributed by atoms with van der Waals surface area (Å²) in [7, 11) is 0. The Kier molecular flexibility index (Phi) is 5.18. The number of amides is 2. The largest absolute Gasteiger partial charge is 0.481 e. The molecule has 5 nitrogen and oxygen atoms in total. The van der Waals surface area contributed by atoms with Gasteiger partial charge in [0.2, 0.25) is 0 Å². The Bertz CT molecular complexity index is 422. The van der Waals surface area contributed by atoms with E-state index in [-0.39, 0.29) is 0 Å². The highest BCUT2D eigenvalue weighted by molar-refractivity contribution is 5.77. The van der Waals surface area contributed by atoms with Crippen LogP contribution in [-0.2, 0) is 4.79 Å². The van der Waals surface area contributed by atoms with E-state index in [2.05, 4.69) is 5.32 Å². The van der Waals surface area contributed by atoms with E-state index in [1.54, 1.807) is 0 Å². The van der Waals surface area contributed by atoms with Crippen molar-refractivity contribution in [3.63, 3.8) is 0 Å². The highest BCUT2D eigenvalue weighted by Crippen LogP contribution is 2.37. The van der Waals surface area contributed by atoms with Crippen LogP contribution < -0.4 is 5.32 Å². The number of rotatable bonds is 4. The maximum atomic E-state index is 12.8. The third-order valence-electron chi connectivity index (χ3n) is 4.65. The molecule has 1 aliphatic carbocycles. The van der Waals surface area contributed by atoms with Crippen LogP contribution in [0.25, 0.3) is 0 Å². The third kappa shape index (κ3) is 4.04. The predicted molar refractivity (Wildman–Crippen MR) is 72.2 cm³/mol. The lowest BCUT2D eigenvalue weighted by Gasteiger charge is -2.19. The van der Waals surface area contributed by atoms with E-state index in [4.69, 9.17) is 5.11 Å². The van der Waals surface area contributed by atoms with Crippen LogP contribution in [0.15, 0.2) is 0 Å². The van der Waals surface area contributed by atoms with Gasteiger partial charge < -0.3 is 15.3 Å². The lowest BCUT2D eigenvalue weighted by atomic mass is 9.96. The number of carboxylic acids is 1. The maximum absolute atomic E-state index is 12.8. The molecule has 2 amide bonds. The first-order valence-electron chi connectivity index (χ1n) is 7.61. The Morgan fingerprint density at radius 3 is 2.32 bits per heavy atom. The summed E-state index contributed by atoms with van der Waals surface area (Å²) < 4.78 is 38.5. The van der Waals surface area contributed by atoms with E-state index < -0.39 is 43.1 Å². The van der Waals surface area contributed by atoms with Gasteiger partial charge in [0.25, 0.3) is 0 Å². The third-order valence-corrected chi connectivity index (χ3v) is 4.65. The van der Waals surface area contributed by atoms with Gasteiger partial charge in [-0.05, 0) is 12.3 Å². The van der Waals surface area contributed by atoms with Crippen LogP contribution >= 0.6 is 0 Å². The Balaban J connectivity index is 1.83. The van der Waals surface area contributed by atoms with E-state index in [0.29, 0.717) is 12.5 Å². The summed E-state index contributed by atoms with van der Waals surface area (Å²) in [5, 5.41) is 11.5. The molecular formula is C14H21F3N2O3. The molecule has 1 saturated heterocycles. The van der Waals surface area contributed by atoms with Crippen LogP contribution in [0, 0.1) is 17.8 Å². The molecule has 22 heavy (non-hydrogen) atoms. The van der Waals surface area contributed by atoms with Crippen molar-refractivity contribution in [2.75, 3.05) is 19.6 Å². The molecule has 1 aliphatic heterocycles. The van der Waals surface area contributed by atoms with Crippen molar-refractivity contribution in [2.24, 2.45) is 17.8 Å². The molecule has 1 heterocycles. The molecule has 1 saturated carbocycles. The van der Waals surface area contributed by atoms with Crippen molar-refractivity contribution in [2.45, 2.75) is 38.3 Å². The van der Waals surface area contributed by atoms with Crippen molar-refractivity contribution in [1.29, 1.82) is 0 Å². The number of halogens is 3. The molecule has 0 aromatic carbocycles. The maximum Gasteiger partial charge on any atom is 0.394 e. The number of likely N-dealkylation sites (tertiary alicyclic amines) is 1. The van der Waals surface area contributed by atoms with Crippen molar-refractivity contribution in [1.82, 2.24) is 10.2 Å².